The van der Waals surface area contributed by atoms with Gasteiger partial charge in [0.25, 0.3) is 0 Å². The van der Waals surface area contributed by atoms with Crippen LogP contribution in [0.4, 0.5) is 13.2 Å². The van der Waals surface area contributed by atoms with Crippen LogP contribution in [0.1, 0.15) is 69.2 Å². The maximum absolute atomic E-state index is 13.4. The Kier molecular flexibility index (Phi) is 6.05. The summed E-state index contributed by atoms with van der Waals surface area (Å²) in [6, 6.07) is 4.10. The van der Waals surface area contributed by atoms with Crippen molar-refractivity contribution in [1.82, 2.24) is 9.88 Å². The van der Waals surface area contributed by atoms with Crippen molar-refractivity contribution >= 4 is 10.9 Å². The third-order valence-electron chi connectivity index (χ3n) is 9.36. The summed E-state index contributed by atoms with van der Waals surface area (Å²) in [6.07, 6.45) is 0.398. The van der Waals surface area contributed by atoms with Gasteiger partial charge in [0, 0.05) is 41.8 Å². The van der Waals surface area contributed by atoms with Crippen LogP contribution in [0, 0.1) is 17.3 Å². The van der Waals surface area contributed by atoms with Gasteiger partial charge in [0.15, 0.2) is 0 Å². The average Bonchev–Trinajstić information content (AvgIpc) is 3.15. The smallest absolute Gasteiger partial charge is 0.390 e. The number of aromatic amines is 1. The van der Waals surface area contributed by atoms with Gasteiger partial charge in [-0.25, -0.2) is 0 Å². The van der Waals surface area contributed by atoms with E-state index in [-0.39, 0.29) is 11.3 Å². The highest BCUT2D eigenvalue weighted by Gasteiger charge is 2.46. The van der Waals surface area contributed by atoms with Crippen LogP contribution in [-0.4, -0.2) is 53.4 Å². The molecule has 188 valence electrons. The van der Waals surface area contributed by atoms with E-state index in [1.807, 2.05) is 13.8 Å². The highest BCUT2D eigenvalue weighted by Crippen LogP contribution is 2.48. The van der Waals surface area contributed by atoms with E-state index in [9.17, 15) is 18.3 Å². The zero-order valence-corrected chi connectivity index (χ0v) is 20.5. The second-order valence-electron chi connectivity index (χ2n) is 11.5. The summed E-state index contributed by atoms with van der Waals surface area (Å²) in [4.78, 5) is 5.97. The Hall–Kier alpha value is -1.57. The van der Waals surface area contributed by atoms with E-state index in [1.165, 1.54) is 12.1 Å². The van der Waals surface area contributed by atoms with Crippen molar-refractivity contribution in [3.05, 3.63) is 35.0 Å². The number of fused-ring (bicyclic) bond motifs is 4. The van der Waals surface area contributed by atoms with Crippen molar-refractivity contribution < 1.29 is 23.0 Å². The fourth-order valence-corrected chi connectivity index (χ4v) is 7.03. The van der Waals surface area contributed by atoms with E-state index in [2.05, 4.69) is 16.8 Å². The number of halogens is 3. The number of rotatable bonds is 4. The van der Waals surface area contributed by atoms with Crippen LogP contribution in [0.3, 0.4) is 0 Å². The van der Waals surface area contributed by atoms with Gasteiger partial charge in [-0.15, -0.1) is 0 Å². The summed E-state index contributed by atoms with van der Waals surface area (Å²) in [5.41, 5.74) is 1.57. The molecule has 0 amide bonds. The van der Waals surface area contributed by atoms with E-state index in [4.69, 9.17) is 4.74 Å². The number of alkyl halides is 3. The summed E-state index contributed by atoms with van der Waals surface area (Å²) in [5.74, 6) is 1.20. The van der Waals surface area contributed by atoms with E-state index < -0.39 is 17.3 Å². The molecule has 0 bridgehead atoms. The highest BCUT2D eigenvalue weighted by molar-refractivity contribution is 5.86. The normalized spacial score (nSPS) is 28.0. The number of nitrogens with one attached hydrogen (secondary N) is 1. The van der Waals surface area contributed by atoms with Gasteiger partial charge < -0.3 is 19.7 Å². The average molecular weight is 479 g/mol. The Balaban J connectivity index is 1.35. The number of aliphatic hydroxyl groups is 1. The molecule has 0 radical (unpaired) electrons. The number of H-pyrrole nitrogens is 1. The van der Waals surface area contributed by atoms with Crippen molar-refractivity contribution in [2.75, 3.05) is 32.8 Å². The number of hydrogen-bond acceptors (Lipinski definition) is 3. The Morgan fingerprint density at radius 1 is 1.21 bits per heavy atom. The third kappa shape index (κ3) is 4.18. The van der Waals surface area contributed by atoms with E-state index >= 15 is 0 Å². The molecule has 1 aromatic heterocycles. The summed E-state index contributed by atoms with van der Waals surface area (Å²) in [6.45, 7) is 10.4. The van der Waals surface area contributed by atoms with Gasteiger partial charge in [0.05, 0.1) is 11.2 Å². The number of ether oxygens (including phenoxy) is 1. The van der Waals surface area contributed by atoms with Crippen molar-refractivity contribution in [2.24, 2.45) is 17.3 Å². The van der Waals surface area contributed by atoms with Crippen molar-refractivity contribution in [1.29, 1.82) is 0 Å². The number of aromatic nitrogens is 1. The zero-order chi connectivity index (χ0) is 24.3. The van der Waals surface area contributed by atoms with Crippen LogP contribution in [-0.2, 0) is 17.3 Å². The Bertz CT molecular complexity index is 1030. The van der Waals surface area contributed by atoms with Gasteiger partial charge >= 0.3 is 6.18 Å². The minimum atomic E-state index is -4.33. The van der Waals surface area contributed by atoms with Gasteiger partial charge in [-0.05, 0) is 101 Å². The quantitative estimate of drug-likeness (QED) is 0.589. The zero-order valence-electron chi connectivity index (χ0n) is 20.5. The Morgan fingerprint density at radius 2 is 1.94 bits per heavy atom. The third-order valence-corrected chi connectivity index (χ3v) is 9.36. The van der Waals surface area contributed by atoms with Gasteiger partial charge in [0.1, 0.15) is 0 Å². The molecule has 0 saturated carbocycles. The van der Waals surface area contributed by atoms with Crippen LogP contribution < -0.4 is 0 Å². The largest absolute Gasteiger partial charge is 0.416 e. The molecule has 1 aliphatic carbocycles. The molecule has 2 saturated heterocycles. The monoisotopic (exact) mass is 478 g/mol. The maximum atomic E-state index is 13.4. The number of piperidine rings is 1. The van der Waals surface area contributed by atoms with Crippen molar-refractivity contribution in [3.63, 3.8) is 0 Å². The van der Waals surface area contributed by atoms with Crippen molar-refractivity contribution in [3.8, 4) is 0 Å². The molecule has 34 heavy (non-hydrogen) atoms. The molecule has 1 aromatic carbocycles. The van der Waals surface area contributed by atoms with Crippen LogP contribution in [0.15, 0.2) is 18.2 Å². The lowest BCUT2D eigenvalue weighted by atomic mass is 9.65. The van der Waals surface area contributed by atoms with Crippen LogP contribution in [0.2, 0.25) is 0 Å². The van der Waals surface area contributed by atoms with E-state index in [1.54, 1.807) is 6.07 Å². The summed E-state index contributed by atoms with van der Waals surface area (Å²) < 4.78 is 45.7. The molecule has 4 nitrogen and oxygen atoms in total. The molecule has 2 fully saturated rings. The molecule has 2 unspecified atom stereocenters. The van der Waals surface area contributed by atoms with Gasteiger partial charge in [0.2, 0.25) is 0 Å². The molecule has 2 N–H and O–H groups in total. The first-order valence-electron chi connectivity index (χ1n) is 12.7. The van der Waals surface area contributed by atoms with Crippen LogP contribution >= 0.6 is 0 Å². The molecule has 3 aliphatic rings. The molecule has 2 aromatic rings. The maximum Gasteiger partial charge on any atom is 0.416 e. The number of benzene rings is 1. The fraction of sp³-hybridized carbons (Fsp3) is 0.704. The molecular weight excluding hydrogens is 441 g/mol. The molecule has 7 heteroatoms. The summed E-state index contributed by atoms with van der Waals surface area (Å²) in [5, 5.41) is 11.7. The summed E-state index contributed by atoms with van der Waals surface area (Å²) in [7, 11) is 0. The van der Waals surface area contributed by atoms with E-state index in [0.29, 0.717) is 25.0 Å². The lowest BCUT2D eigenvalue weighted by molar-refractivity contribution is -0.137. The number of hydrogen-bond donors (Lipinski definition) is 2. The fourth-order valence-electron chi connectivity index (χ4n) is 7.03. The highest BCUT2D eigenvalue weighted by atomic mass is 19.4. The standard InChI is InChI=1S/C27H37F3N2O2/c1-17-21-16-32(11-7-26(25(2,3)33)8-12-34-13-9-26)10-6-18(21)14-23-24(17)20-15-19(27(28,29)30)4-5-22(20)31-23/h4-5,15,17-18,21,31,33H,6-14,16H2,1-3H3/t17-,18?,21?/m1/s1. The Morgan fingerprint density at radius 3 is 2.62 bits per heavy atom. The molecule has 3 heterocycles. The first-order valence-corrected chi connectivity index (χ1v) is 12.7. The van der Waals surface area contributed by atoms with Gasteiger partial charge in [-0.3, -0.25) is 0 Å². The minimum Gasteiger partial charge on any atom is -0.390 e. The summed E-state index contributed by atoms with van der Waals surface area (Å²) >= 11 is 0. The van der Waals surface area contributed by atoms with Gasteiger partial charge in [-0.2, -0.15) is 13.2 Å². The van der Waals surface area contributed by atoms with Crippen LogP contribution in [0.25, 0.3) is 10.9 Å². The first kappa shape index (κ1) is 24.1. The topological polar surface area (TPSA) is 48.5 Å². The molecular formula is C27H37F3N2O2. The molecule has 2 aliphatic heterocycles. The van der Waals surface area contributed by atoms with Crippen LogP contribution in [0.5, 0.6) is 0 Å². The second-order valence-corrected chi connectivity index (χ2v) is 11.5. The molecule has 0 spiro atoms. The second kappa shape index (κ2) is 8.52. The Labute approximate surface area is 199 Å². The molecule has 5 rings (SSSR count). The van der Waals surface area contributed by atoms with Crippen molar-refractivity contribution in [2.45, 2.75) is 70.6 Å². The SMILES string of the molecule is C[C@H]1c2c([nH]c3ccc(C(F)(F)F)cc23)CC2CCN(CCC3(C(C)(C)O)CCOCC3)CC21. The first-order chi connectivity index (χ1) is 16.0. The number of nitrogens with zero attached hydrogens (tertiary/aromatic N) is 1. The predicted octanol–water partition coefficient (Wildman–Crippen LogP) is 5.74. The van der Waals surface area contributed by atoms with E-state index in [0.717, 1.165) is 73.9 Å². The van der Waals surface area contributed by atoms with Gasteiger partial charge in [-0.1, -0.05) is 6.92 Å². The lowest BCUT2D eigenvalue weighted by Crippen LogP contribution is -2.51. The molecule has 3 atom stereocenters. The minimum absolute atomic E-state index is 0.127. The predicted molar refractivity (Wildman–Crippen MR) is 127 cm³/mol. The number of likely N-dealkylation sites (tertiary alicyclic amines) is 1. The lowest BCUT2D eigenvalue weighted by Gasteiger charge is -2.49.